The molecule has 100 valence electrons. The summed E-state index contributed by atoms with van der Waals surface area (Å²) in [7, 11) is 3.43. The van der Waals surface area contributed by atoms with E-state index in [2.05, 4.69) is 15.3 Å². The molecule has 0 unspecified atom stereocenters. The number of aromatic nitrogens is 2. The summed E-state index contributed by atoms with van der Waals surface area (Å²) in [6.07, 6.45) is 0. The Hall–Kier alpha value is -1.36. The van der Waals surface area contributed by atoms with Crippen LogP contribution in [0.25, 0.3) is 11.4 Å². The van der Waals surface area contributed by atoms with Gasteiger partial charge in [-0.1, -0.05) is 23.2 Å². The van der Waals surface area contributed by atoms with Crippen LogP contribution in [0, 0.1) is 0 Å². The van der Waals surface area contributed by atoms with Crippen molar-refractivity contribution in [3.05, 3.63) is 40.0 Å². The lowest BCUT2D eigenvalue weighted by atomic mass is 10.2. The summed E-state index contributed by atoms with van der Waals surface area (Å²) in [4.78, 5) is 8.83. The van der Waals surface area contributed by atoms with Crippen LogP contribution in [0.5, 0.6) is 0 Å². The van der Waals surface area contributed by atoms with E-state index in [0.29, 0.717) is 22.5 Å². The molecule has 1 aromatic carbocycles. The summed E-state index contributed by atoms with van der Waals surface area (Å²) in [6, 6.07) is 7.14. The second-order valence-electron chi connectivity index (χ2n) is 3.88. The van der Waals surface area contributed by atoms with Crippen LogP contribution in [0.4, 0.5) is 5.82 Å². The summed E-state index contributed by atoms with van der Waals surface area (Å²) < 4.78 is 5.10. The van der Waals surface area contributed by atoms with Gasteiger partial charge in [0.05, 0.1) is 22.3 Å². The summed E-state index contributed by atoms with van der Waals surface area (Å²) in [6.45, 7) is 0.422. The molecule has 0 saturated carbocycles. The number of methoxy groups -OCH3 is 1. The van der Waals surface area contributed by atoms with Crippen LogP contribution in [-0.2, 0) is 11.3 Å². The minimum atomic E-state index is 0.422. The van der Waals surface area contributed by atoms with Gasteiger partial charge in [-0.15, -0.1) is 0 Å². The minimum Gasteiger partial charge on any atom is -0.378 e. The van der Waals surface area contributed by atoms with E-state index in [1.807, 2.05) is 12.1 Å². The number of halogens is 2. The molecule has 0 saturated heterocycles. The summed E-state index contributed by atoms with van der Waals surface area (Å²) >= 11 is 11.9. The first kappa shape index (κ1) is 14.1. The molecule has 1 heterocycles. The zero-order valence-corrected chi connectivity index (χ0v) is 12.1. The molecule has 4 nitrogen and oxygen atoms in total. The van der Waals surface area contributed by atoms with Crippen molar-refractivity contribution < 1.29 is 4.74 Å². The third kappa shape index (κ3) is 3.35. The monoisotopic (exact) mass is 297 g/mol. The standard InChI is InChI=1S/C13H13Cl2N3O/c1-16-12-6-9(7-19-2)17-13(18-12)8-3-4-10(14)11(15)5-8/h3-6H,7H2,1-2H3,(H,16,17,18). The van der Waals surface area contributed by atoms with Crippen molar-refractivity contribution in [1.82, 2.24) is 9.97 Å². The lowest BCUT2D eigenvalue weighted by Gasteiger charge is -2.08. The third-order valence-corrected chi connectivity index (χ3v) is 3.24. The van der Waals surface area contributed by atoms with Crippen LogP contribution in [0.15, 0.2) is 24.3 Å². The van der Waals surface area contributed by atoms with Crippen LogP contribution in [0.3, 0.4) is 0 Å². The van der Waals surface area contributed by atoms with Crippen LogP contribution in [0.2, 0.25) is 10.0 Å². The fourth-order valence-electron chi connectivity index (χ4n) is 1.61. The average Bonchev–Trinajstić information content (AvgIpc) is 2.42. The maximum atomic E-state index is 6.01. The minimum absolute atomic E-state index is 0.422. The second kappa shape index (κ2) is 6.19. The van der Waals surface area contributed by atoms with Crippen LogP contribution in [0.1, 0.15) is 5.69 Å². The van der Waals surface area contributed by atoms with Gasteiger partial charge in [-0.05, 0) is 18.2 Å². The number of ether oxygens (including phenoxy) is 1. The van der Waals surface area contributed by atoms with Gasteiger partial charge in [0.2, 0.25) is 0 Å². The van der Waals surface area contributed by atoms with E-state index in [0.717, 1.165) is 17.1 Å². The Morgan fingerprint density at radius 1 is 1.16 bits per heavy atom. The number of hydrogen-bond acceptors (Lipinski definition) is 4. The summed E-state index contributed by atoms with van der Waals surface area (Å²) in [5, 5.41) is 3.98. The number of nitrogens with one attached hydrogen (secondary N) is 1. The van der Waals surface area contributed by atoms with Crippen molar-refractivity contribution in [3.8, 4) is 11.4 Å². The first-order chi connectivity index (χ1) is 9.13. The molecule has 0 bridgehead atoms. The van der Waals surface area contributed by atoms with Crippen molar-refractivity contribution in [1.29, 1.82) is 0 Å². The fraction of sp³-hybridized carbons (Fsp3) is 0.231. The number of benzene rings is 1. The fourth-order valence-corrected chi connectivity index (χ4v) is 1.91. The van der Waals surface area contributed by atoms with Gasteiger partial charge < -0.3 is 10.1 Å². The van der Waals surface area contributed by atoms with Crippen molar-refractivity contribution in [2.75, 3.05) is 19.5 Å². The number of hydrogen-bond donors (Lipinski definition) is 1. The largest absolute Gasteiger partial charge is 0.378 e. The molecule has 0 aliphatic rings. The highest BCUT2D eigenvalue weighted by molar-refractivity contribution is 6.42. The van der Waals surface area contributed by atoms with E-state index < -0.39 is 0 Å². The van der Waals surface area contributed by atoms with Crippen LogP contribution in [-0.4, -0.2) is 24.1 Å². The molecule has 2 aromatic rings. The molecule has 0 aliphatic carbocycles. The highest BCUT2D eigenvalue weighted by atomic mass is 35.5. The smallest absolute Gasteiger partial charge is 0.161 e. The predicted molar refractivity (Wildman–Crippen MR) is 77.7 cm³/mol. The first-order valence-electron chi connectivity index (χ1n) is 5.64. The Morgan fingerprint density at radius 2 is 1.95 bits per heavy atom. The summed E-state index contributed by atoms with van der Waals surface area (Å²) in [5.74, 6) is 1.31. The molecule has 2 rings (SSSR count). The van der Waals surface area contributed by atoms with E-state index >= 15 is 0 Å². The number of anilines is 1. The van der Waals surface area contributed by atoms with Gasteiger partial charge >= 0.3 is 0 Å². The quantitative estimate of drug-likeness (QED) is 0.936. The second-order valence-corrected chi connectivity index (χ2v) is 4.69. The third-order valence-electron chi connectivity index (χ3n) is 2.51. The average molecular weight is 298 g/mol. The molecular formula is C13H13Cl2N3O. The SMILES string of the molecule is CNc1cc(COC)nc(-c2ccc(Cl)c(Cl)c2)n1. The summed E-state index contributed by atoms with van der Waals surface area (Å²) in [5.41, 5.74) is 1.60. The molecule has 0 spiro atoms. The molecule has 0 fully saturated rings. The van der Waals surface area contributed by atoms with Crippen molar-refractivity contribution in [2.45, 2.75) is 6.61 Å². The van der Waals surface area contributed by atoms with E-state index in [-0.39, 0.29) is 0 Å². The highest BCUT2D eigenvalue weighted by Gasteiger charge is 2.08. The Labute approximate surface area is 121 Å². The molecule has 19 heavy (non-hydrogen) atoms. The Bertz CT molecular complexity index is 590. The maximum absolute atomic E-state index is 6.01. The molecule has 0 aliphatic heterocycles. The molecule has 0 radical (unpaired) electrons. The van der Waals surface area contributed by atoms with E-state index in [1.165, 1.54) is 0 Å². The van der Waals surface area contributed by atoms with E-state index in [1.54, 1.807) is 26.3 Å². The topological polar surface area (TPSA) is 47.0 Å². The first-order valence-corrected chi connectivity index (χ1v) is 6.39. The molecule has 0 amide bonds. The predicted octanol–water partition coefficient (Wildman–Crippen LogP) is 3.64. The normalized spacial score (nSPS) is 10.5. The zero-order valence-electron chi connectivity index (χ0n) is 10.6. The molecule has 0 atom stereocenters. The Balaban J connectivity index is 2.47. The molecule has 6 heteroatoms. The lowest BCUT2D eigenvalue weighted by Crippen LogP contribution is -2.01. The van der Waals surface area contributed by atoms with E-state index in [4.69, 9.17) is 27.9 Å². The lowest BCUT2D eigenvalue weighted by molar-refractivity contribution is 0.181. The maximum Gasteiger partial charge on any atom is 0.161 e. The van der Waals surface area contributed by atoms with Crippen LogP contribution < -0.4 is 5.32 Å². The van der Waals surface area contributed by atoms with Crippen LogP contribution >= 0.6 is 23.2 Å². The Kier molecular flexibility index (Phi) is 4.58. The van der Waals surface area contributed by atoms with Gasteiger partial charge in [0.15, 0.2) is 5.82 Å². The van der Waals surface area contributed by atoms with E-state index in [9.17, 15) is 0 Å². The van der Waals surface area contributed by atoms with Gasteiger partial charge in [0.1, 0.15) is 5.82 Å². The number of nitrogens with zero attached hydrogens (tertiary/aromatic N) is 2. The number of rotatable bonds is 4. The van der Waals surface area contributed by atoms with Gasteiger partial charge in [-0.2, -0.15) is 0 Å². The highest BCUT2D eigenvalue weighted by Crippen LogP contribution is 2.27. The zero-order chi connectivity index (χ0) is 13.8. The van der Waals surface area contributed by atoms with Gasteiger partial charge in [-0.3, -0.25) is 0 Å². The molecule has 1 N–H and O–H groups in total. The van der Waals surface area contributed by atoms with Crippen molar-refractivity contribution in [2.24, 2.45) is 0 Å². The van der Waals surface area contributed by atoms with Gasteiger partial charge in [0, 0.05) is 25.8 Å². The molecule has 1 aromatic heterocycles. The Morgan fingerprint density at radius 3 is 2.58 bits per heavy atom. The molecular weight excluding hydrogens is 285 g/mol. The van der Waals surface area contributed by atoms with Gasteiger partial charge in [0.25, 0.3) is 0 Å². The van der Waals surface area contributed by atoms with Crippen molar-refractivity contribution in [3.63, 3.8) is 0 Å². The van der Waals surface area contributed by atoms with Gasteiger partial charge in [-0.25, -0.2) is 9.97 Å². The van der Waals surface area contributed by atoms with Crippen molar-refractivity contribution >= 4 is 29.0 Å².